The van der Waals surface area contributed by atoms with E-state index in [1.54, 1.807) is 12.4 Å². The second-order valence-electron chi connectivity index (χ2n) is 16.6. The van der Waals surface area contributed by atoms with Gasteiger partial charge in [-0.2, -0.15) is 0 Å². The molecule has 2 aliphatic rings. The van der Waals surface area contributed by atoms with Gasteiger partial charge in [0, 0.05) is 51.0 Å². The van der Waals surface area contributed by atoms with Gasteiger partial charge >= 0.3 is 0 Å². The third-order valence-electron chi connectivity index (χ3n) is 13.1. The molecule has 0 amide bonds. The van der Waals surface area contributed by atoms with E-state index in [1.807, 2.05) is 0 Å². The fourth-order valence-corrected chi connectivity index (χ4v) is 10.4. The first-order valence-corrected chi connectivity index (χ1v) is 20.5. The van der Waals surface area contributed by atoms with Crippen LogP contribution in [0.4, 0.5) is 0 Å². The molecule has 0 saturated heterocycles. The number of allylic oxidation sites excluding steroid dienone is 5. The Labute approximate surface area is 342 Å². The van der Waals surface area contributed by atoms with Crippen molar-refractivity contribution in [3.05, 3.63) is 217 Å². The summed E-state index contributed by atoms with van der Waals surface area (Å²) < 4.78 is 2.42. The van der Waals surface area contributed by atoms with Crippen LogP contribution in [0.1, 0.15) is 36.5 Å². The summed E-state index contributed by atoms with van der Waals surface area (Å²) >= 11 is 0. The van der Waals surface area contributed by atoms with E-state index in [0.29, 0.717) is 0 Å². The molecule has 3 nitrogen and oxygen atoms in total. The first-order chi connectivity index (χ1) is 28.9. The number of hydrogen-bond donors (Lipinski definition) is 0. The maximum Gasteiger partial charge on any atom is 0.0971 e. The lowest BCUT2D eigenvalue weighted by Gasteiger charge is -2.31. The molecule has 1 atom stereocenters. The lowest BCUT2D eigenvalue weighted by molar-refractivity contribution is 0.636. The first-order valence-electron chi connectivity index (χ1n) is 20.5. The van der Waals surface area contributed by atoms with Crippen molar-refractivity contribution in [3.8, 4) is 27.9 Å². The summed E-state index contributed by atoms with van der Waals surface area (Å²) in [4.78, 5) is 9.57. The highest BCUT2D eigenvalue weighted by atomic mass is 15.0. The van der Waals surface area contributed by atoms with Crippen LogP contribution in [0.2, 0.25) is 0 Å². The zero-order valence-corrected chi connectivity index (χ0v) is 32.9. The van der Waals surface area contributed by atoms with Crippen molar-refractivity contribution in [2.45, 2.75) is 25.2 Å². The highest BCUT2D eigenvalue weighted by molar-refractivity contribution is 6.23. The van der Waals surface area contributed by atoms with Gasteiger partial charge in [0.1, 0.15) is 0 Å². The van der Waals surface area contributed by atoms with Gasteiger partial charge in [-0.3, -0.25) is 9.97 Å². The summed E-state index contributed by atoms with van der Waals surface area (Å²) in [5.74, 6) is 0.0759. The lowest BCUT2D eigenvalue weighted by Crippen LogP contribution is -2.21. The molecule has 2 heterocycles. The van der Waals surface area contributed by atoms with E-state index >= 15 is 0 Å². The van der Waals surface area contributed by atoms with Crippen LogP contribution in [-0.2, 0) is 5.41 Å². The molecule has 0 spiro atoms. The van der Waals surface area contributed by atoms with Crippen LogP contribution >= 0.6 is 0 Å². The van der Waals surface area contributed by atoms with Crippen LogP contribution in [0.3, 0.4) is 0 Å². The predicted molar refractivity (Wildman–Crippen MR) is 247 cm³/mol. The molecular formula is C56H39N3. The van der Waals surface area contributed by atoms with Gasteiger partial charge in [0.2, 0.25) is 0 Å². The number of hydrogen-bond acceptors (Lipinski definition) is 2. The molecule has 2 aromatic heterocycles. The van der Waals surface area contributed by atoms with Gasteiger partial charge in [-0.25, -0.2) is 0 Å². The van der Waals surface area contributed by atoms with Gasteiger partial charge in [0.05, 0.1) is 22.1 Å². The molecule has 0 fully saturated rings. The van der Waals surface area contributed by atoms with Crippen LogP contribution in [0.25, 0.3) is 87.9 Å². The number of nitrogens with zero attached hydrogens (tertiary/aromatic N) is 3. The van der Waals surface area contributed by atoms with Gasteiger partial charge in [0.15, 0.2) is 0 Å². The smallest absolute Gasteiger partial charge is 0.0971 e. The van der Waals surface area contributed by atoms with E-state index in [1.165, 1.54) is 88.4 Å². The van der Waals surface area contributed by atoms with Crippen molar-refractivity contribution in [2.24, 2.45) is 0 Å². The Kier molecular flexibility index (Phi) is 7.19. The summed E-state index contributed by atoms with van der Waals surface area (Å²) in [5, 5.41) is 7.19. The van der Waals surface area contributed by atoms with Gasteiger partial charge in [-0.05, 0) is 103 Å². The van der Waals surface area contributed by atoms with Crippen molar-refractivity contribution < 1.29 is 0 Å². The summed E-state index contributed by atoms with van der Waals surface area (Å²) in [6.45, 7) is 9.59. The molecule has 10 aromatic rings. The molecule has 0 N–H and O–H groups in total. The Hall–Kier alpha value is -7.36. The average Bonchev–Trinajstić information content (AvgIpc) is 3.74. The van der Waals surface area contributed by atoms with Crippen molar-refractivity contribution in [1.29, 1.82) is 0 Å². The fraction of sp³-hybridized carbons (Fsp3) is 0.0714. The molecule has 12 rings (SSSR count). The van der Waals surface area contributed by atoms with E-state index in [0.717, 1.165) is 27.4 Å². The van der Waals surface area contributed by atoms with Crippen molar-refractivity contribution in [1.82, 2.24) is 14.5 Å². The van der Waals surface area contributed by atoms with Gasteiger partial charge in [-0.1, -0.05) is 154 Å². The number of para-hydroxylation sites is 2. The second kappa shape index (κ2) is 12.6. The van der Waals surface area contributed by atoms with Gasteiger partial charge < -0.3 is 4.57 Å². The SMILES string of the molecule is C=C1C2=C(C=CC1c1cccc(-c3cccc(-c4ccc5c6ccccc6c6nccnc6c5c4)c3)c1)c1ccc(-n3c4ccccc4c4ccccc43)cc1C2(C)C. The van der Waals surface area contributed by atoms with Gasteiger partial charge in [-0.15, -0.1) is 0 Å². The van der Waals surface area contributed by atoms with Crippen molar-refractivity contribution >= 4 is 60.0 Å². The van der Waals surface area contributed by atoms with Crippen LogP contribution in [-0.4, -0.2) is 14.5 Å². The fourth-order valence-electron chi connectivity index (χ4n) is 10.4. The molecule has 278 valence electrons. The Morgan fingerprint density at radius 1 is 0.525 bits per heavy atom. The summed E-state index contributed by atoms with van der Waals surface area (Å²) in [6.07, 6.45) is 8.29. The monoisotopic (exact) mass is 753 g/mol. The Morgan fingerprint density at radius 3 is 1.85 bits per heavy atom. The molecule has 0 saturated carbocycles. The number of benzene rings is 8. The van der Waals surface area contributed by atoms with E-state index in [-0.39, 0.29) is 11.3 Å². The first kappa shape index (κ1) is 33.7. The van der Waals surface area contributed by atoms with E-state index in [4.69, 9.17) is 16.5 Å². The summed E-state index contributed by atoms with van der Waals surface area (Å²) in [6, 6.07) is 57.7. The quantitative estimate of drug-likeness (QED) is 0.168. The maximum absolute atomic E-state index is 4.85. The second-order valence-corrected chi connectivity index (χ2v) is 16.6. The Bertz CT molecular complexity index is 3410. The molecule has 0 bridgehead atoms. The predicted octanol–water partition coefficient (Wildman–Crippen LogP) is 14.3. The largest absolute Gasteiger partial charge is 0.309 e. The molecule has 3 heteroatoms. The number of aromatic nitrogens is 3. The summed E-state index contributed by atoms with van der Waals surface area (Å²) in [5.41, 5.74) is 17.7. The minimum absolute atomic E-state index is 0.0759. The molecule has 8 aromatic carbocycles. The average molecular weight is 754 g/mol. The summed E-state index contributed by atoms with van der Waals surface area (Å²) in [7, 11) is 0. The standard InChI is InChI=1S/C56H39N3/c1-34-41(26-27-47-44-25-23-40(33-50(44)56(2,3)53(34)47)59-51-20-8-6-17-45(51)46-18-7-9-21-52(46)59)39-15-11-14-37(31-39)35-12-10-13-36(30-35)38-22-24-43-42-16-4-5-19-48(42)54-55(49(43)32-38)58-29-28-57-54/h4-33,41H,1H2,2-3H3. The molecule has 0 radical (unpaired) electrons. The van der Waals surface area contributed by atoms with Crippen molar-refractivity contribution in [3.63, 3.8) is 0 Å². The van der Waals surface area contributed by atoms with Crippen LogP contribution in [0, 0.1) is 0 Å². The van der Waals surface area contributed by atoms with E-state index in [9.17, 15) is 0 Å². The third-order valence-corrected chi connectivity index (χ3v) is 13.1. The minimum Gasteiger partial charge on any atom is -0.309 e. The molecular weight excluding hydrogens is 715 g/mol. The normalized spacial score (nSPS) is 15.8. The number of rotatable bonds is 4. The highest BCUT2D eigenvalue weighted by Gasteiger charge is 2.41. The van der Waals surface area contributed by atoms with Gasteiger partial charge in [0.25, 0.3) is 0 Å². The molecule has 59 heavy (non-hydrogen) atoms. The zero-order valence-electron chi connectivity index (χ0n) is 32.9. The Balaban J connectivity index is 0.880. The van der Waals surface area contributed by atoms with Crippen LogP contribution < -0.4 is 0 Å². The molecule has 2 aliphatic carbocycles. The molecule has 1 unspecified atom stereocenters. The molecule has 0 aliphatic heterocycles. The highest BCUT2D eigenvalue weighted by Crippen LogP contribution is 2.55. The topological polar surface area (TPSA) is 30.7 Å². The van der Waals surface area contributed by atoms with Crippen LogP contribution in [0.5, 0.6) is 0 Å². The zero-order chi connectivity index (χ0) is 39.4. The van der Waals surface area contributed by atoms with E-state index in [2.05, 4.69) is 188 Å². The maximum atomic E-state index is 4.85. The Morgan fingerprint density at radius 2 is 1.12 bits per heavy atom. The van der Waals surface area contributed by atoms with E-state index < -0.39 is 0 Å². The van der Waals surface area contributed by atoms with Crippen molar-refractivity contribution in [2.75, 3.05) is 0 Å². The van der Waals surface area contributed by atoms with Crippen LogP contribution in [0.15, 0.2) is 200 Å². The third kappa shape index (κ3) is 4.95. The minimum atomic E-state index is -0.214. The lowest BCUT2D eigenvalue weighted by atomic mass is 9.72. The number of fused-ring (bicyclic) bond motifs is 11.